The van der Waals surface area contributed by atoms with Gasteiger partial charge in [-0.05, 0) is 61.6 Å². The number of hydrogen-bond acceptors (Lipinski definition) is 2. The number of rotatable bonds is 2. The Hall–Kier alpha value is -2.62. The van der Waals surface area contributed by atoms with Crippen molar-refractivity contribution in [3.05, 3.63) is 58.7 Å². The minimum atomic E-state index is -0.0956. The summed E-state index contributed by atoms with van der Waals surface area (Å²) in [4.78, 5) is 26.5. The monoisotopic (exact) mass is 320 g/mol. The zero-order valence-electron chi connectivity index (χ0n) is 13.8. The van der Waals surface area contributed by atoms with E-state index in [-0.39, 0.29) is 11.8 Å². The van der Waals surface area contributed by atoms with E-state index >= 15 is 0 Å². The normalized spacial score (nSPS) is 15.9. The predicted octanol–water partition coefficient (Wildman–Crippen LogP) is 3.47. The van der Waals surface area contributed by atoms with E-state index in [1.807, 2.05) is 48.2 Å². The summed E-state index contributed by atoms with van der Waals surface area (Å²) in [6.45, 7) is 2.82. The van der Waals surface area contributed by atoms with Crippen molar-refractivity contribution in [2.45, 2.75) is 32.6 Å². The van der Waals surface area contributed by atoms with Crippen LogP contribution in [-0.2, 0) is 17.6 Å². The van der Waals surface area contributed by atoms with Gasteiger partial charge < -0.3 is 10.2 Å². The number of aryl methyl sites for hydroxylation is 3. The molecule has 0 fully saturated rings. The molecule has 0 saturated carbocycles. The van der Waals surface area contributed by atoms with E-state index in [4.69, 9.17) is 0 Å². The average Bonchev–Trinajstić information content (AvgIpc) is 2.58. The van der Waals surface area contributed by atoms with Gasteiger partial charge in [0.2, 0.25) is 5.91 Å². The molecule has 0 saturated heterocycles. The van der Waals surface area contributed by atoms with Crippen molar-refractivity contribution >= 4 is 23.2 Å². The molecule has 2 aliphatic heterocycles. The van der Waals surface area contributed by atoms with Crippen LogP contribution in [0.25, 0.3) is 0 Å². The summed E-state index contributed by atoms with van der Waals surface area (Å²) in [5.41, 5.74) is 6.05. The van der Waals surface area contributed by atoms with E-state index in [2.05, 4.69) is 5.32 Å². The summed E-state index contributed by atoms with van der Waals surface area (Å²) in [6, 6.07) is 11.6. The van der Waals surface area contributed by atoms with Crippen molar-refractivity contribution in [2.75, 3.05) is 16.8 Å². The second-order valence-electron chi connectivity index (χ2n) is 6.61. The average molecular weight is 320 g/mol. The lowest BCUT2D eigenvalue weighted by Gasteiger charge is -2.35. The van der Waals surface area contributed by atoms with Gasteiger partial charge in [-0.3, -0.25) is 9.59 Å². The molecular weight excluding hydrogens is 300 g/mol. The van der Waals surface area contributed by atoms with Crippen LogP contribution in [0, 0.1) is 6.92 Å². The molecule has 0 unspecified atom stereocenters. The van der Waals surface area contributed by atoms with Crippen molar-refractivity contribution in [3.8, 4) is 0 Å². The van der Waals surface area contributed by atoms with Crippen LogP contribution < -0.4 is 10.2 Å². The van der Waals surface area contributed by atoms with Crippen molar-refractivity contribution in [1.29, 1.82) is 0 Å². The number of nitrogens with one attached hydrogen (secondary N) is 1. The molecule has 0 aromatic heterocycles. The number of amides is 2. The summed E-state index contributed by atoms with van der Waals surface area (Å²) in [6.07, 6.45) is 3.25. The van der Waals surface area contributed by atoms with Gasteiger partial charge >= 0.3 is 0 Å². The maximum atomic E-state index is 12.4. The highest BCUT2D eigenvalue weighted by atomic mass is 16.2. The Kier molecular flexibility index (Phi) is 3.60. The zero-order chi connectivity index (χ0) is 16.7. The molecule has 2 aromatic carbocycles. The molecule has 122 valence electrons. The fourth-order valence-corrected chi connectivity index (χ4v) is 3.63. The molecule has 0 atom stereocenters. The largest absolute Gasteiger partial charge is 0.322 e. The first-order chi connectivity index (χ1) is 11.6. The lowest BCUT2D eigenvalue weighted by atomic mass is 9.91. The maximum absolute atomic E-state index is 12.4. The van der Waals surface area contributed by atoms with E-state index < -0.39 is 0 Å². The SMILES string of the molecule is Cc1ccc(C(=O)Nc2cc3c4c(c2)CCC(=O)N4CCC3)cc1. The van der Waals surface area contributed by atoms with Crippen LogP contribution in [0.5, 0.6) is 0 Å². The molecule has 2 amide bonds. The first kappa shape index (κ1) is 14.9. The molecule has 1 N–H and O–H groups in total. The quantitative estimate of drug-likeness (QED) is 0.921. The van der Waals surface area contributed by atoms with Gasteiger partial charge in [-0.15, -0.1) is 0 Å². The molecule has 4 rings (SSSR count). The van der Waals surface area contributed by atoms with Crippen molar-refractivity contribution in [3.63, 3.8) is 0 Å². The van der Waals surface area contributed by atoms with Crippen LogP contribution in [0.2, 0.25) is 0 Å². The molecule has 24 heavy (non-hydrogen) atoms. The topological polar surface area (TPSA) is 49.4 Å². The Morgan fingerprint density at radius 2 is 1.75 bits per heavy atom. The van der Waals surface area contributed by atoms with Gasteiger partial charge in [0.1, 0.15) is 0 Å². The van der Waals surface area contributed by atoms with E-state index in [1.165, 1.54) is 11.1 Å². The van der Waals surface area contributed by atoms with Gasteiger partial charge in [0.25, 0.3) is 5.91 Å². The molecule has 2 aliphatic rings. The van der Waals surface area contributed by atoms with Gasteiger partial charge in [0, 0.05) is 24.2 Å². The minimum absolute atomic E-state index is 0.0956. The third kappa shape index (κ3) is 2.58. The van der Waals surface area contributed by atoms with Crippen LogP contribution in [-0.4, -0.2) is 18.4 Å². The molecule has 2 aromatic rings. The number of carbonyl (C=O) groups excluding carboxylic acids is 2. The molecule has 0 bridgehead atoms. The number of anilines is 2. The van der Waals surface area contributed by atoms with Crippen LogP contribution in [0.3, 0.4) is 0 Å². The maximum Gasteiger partial charge on any atom is 0.255 e. The van der Waals surface area contributed by atoms with Crippen LogP contribution in [0.4, 0.5) is 11.4 Å². The van der Waals surface area contributed by atoms with Crippen LogP contribution in [0.15, 0.2) is 36.4 Å². The molecule has 0 aliphatic carbocycles. The summed E-state index contributed by atoms with van der Waals surface area (Å²) in [5, 5.41) is 3.01. The molecule has 2 heterocycles. The van der Waals surface area contributed by atoms with E-state index in [0.29, 0.717) is 12.0 Å². The molecule has 0 radical (unpaired) electrons. The fourth-order valence-electron chi connectivity index (χ4n) is 3.63. The zero-order valence-corrected chi connectivity index (χ0v) is 13.8. The first-order valence-corrected chi connectivity index (χ1v) is 8.46. The van der Waals surface area contributed by atoms with E-state index in [0.717, 1.165) is 42.7 Å². The van der Waals surface area contributed by atoms with Crippen LogP contribution in [0.1, 0.15) is 39.9 Å². The van der Waals surface area contributed by atoms with Crippen molar-refractivity contribution in [1.82, 2.24) is 0 Å². The standard InChI is InChI=1S/C20H20N2O2/c1-13-4-6-14(7-5-13)20(24)21-17-11-15-3-2-10-22-18(23)9-8-16(12-17)19(15)22/h4-7,11-12H,2-3,8-10H2,1H3,(H,21,24). The fraction of sp³-hybridized carbons (Fsp3) is 0.300. The Bertz CT molecular complexity index is 807. The van der Waals surface area contributed by atoms with Gasteiger partial charge in [-0.25, -0.2) is 0 Å². The highest BCUT2D eigenvalue weighted by molar-refractivity contribution is 6.05. The Labute approximate surface area is 141 Å². The molecule has 4 heteroatoms. The van der Waals surface area contributed by atoms with Gasteiger partial charge in [0.05, 0.1) is 5.69 Å². The molecule has 0 spiro atoms. The molecule has 4 nitrogen and oxygen atoms in total. The summed E-state index contributed by atoms with van der Waals surface area (Å²) >= 11 is 0. The lowest BCUT2D eigenvalue weighted by molar-refractivity contribution is -0.119. The first-order valence-electron chi connectivity index (χ1n) is 8.46. The minimum Gasteiger partial charge on any atom is -0.322 e. The second-order valence-corrected chi connectivity index (χ2v) is 6.61. The van der Waals surface area contributed by atoms with Crippen molar-refractivity contribution < 1.29 is 9.59 Å². The second kappa shape index (κ2) is 5.78. The van der Waals surface area contributed by atoms with Gasteiger partial charge in [-0.1, -0.05) is 17.7 Å². The van der Waals surface area contributed by atoms with Crippen LogP contribution >= 0.6 is 0 Å². The van der Waals surface area contributed by atoms with Gasteiger partial charge in [0.15, 0.2) is 0 Å². The summed E-state index contributed by atoms with van der Waals surface area (Å²) in [5.74, 6) is 0.126. The highest BCUT2D eigenvalue weighted by Crippen LogP contribution is 2.37. The number of nitrogens with zero attached hydrogens (tertiary/aromatic N) is 1. The third-order valence-electron chi connectivity index (χ3n) is 4.85. The van der Waals surface area contributed by atoms with E-state index in [1.54, 1.807) is 0 Å². The number of hydrogen-bond donors (Lipinski definition) is 1. The Morgan fingerprint density at radius 3 is 2.50 bits per heavy atom. The van der Waals surface area contributed by atoms with Crippen molar-refractivity contribution in [2.24, 2.45) is 0 Å². The van der Waals surface area contributed by atoms with E-state index in [9.17, 15) is 9.59 Å². The number of carbonyl (C=O) groups is 2. The Morgan fingerprint density at radius 1 is 1.04 bits per heavy atom. The smallest absolute Gasteiger partial charge is 0.255 e. The third-order valence-corrected chi connectivity index (χ3v) is 4.85. The predicted molar refractivity (Wildman–Crippen MR) is 94.6 cm³/mol. The lowest BCUT2D eigenvalue weighted by Crippen LogP contribution is -2.39. The highest BCUT2D eigenvalue weighted by Gasteiger charge is 2.29. The summed E-state index contributed by atoms with van der Waals surface area (Å²) < 4.78 is 0. The van der Waals surface area contributed by atoms with Gasteiger partial charge in [-0.2, -0.15) is 0 Å². The summed E-state index contributed by atoms with van der Waals surface area (Å²) in [7, 11) is 0. The number of benzene rings is 2. The molecular formula is C20H20N2O2. The Balaban J connectivity index is 1.64.